The molecule has 166 valence electrons. The number of aromatic nitrogens is 3. The summed E-state index contributed by atoms with van der Waals surface area (Å²) in [4.78, 5) is 25.8. The van der Waals surface area contributed by atoms with Crippen molar-refractivity contribution in [2.75, 3.05) is 0 Å². The summed E-state index contributed by atoms with van der Waals surface area (Å²) in [6, 6.07) is 10.7. The van der Waals surface area contributed by atoms with E-state index in [9.17, 15) is 9.18 Å². The van der Waals surface area contributed by atoms with Gasteiger partial charge in [0.2, 0.25) is 5.95 Å². The largest absolute Gasteiger partial charge is 0.441 e. The molecule has 0 N–H and O–H groups in total. The number of benzene rings is 1. The number of aryl methyl sites for hydroxylation is 1. The second-order valence-electron chi connectivity index (χ2n) is 9.67. The van der Waals surface area contributed by atoms with Crippen LogP contribution in [0.5, 0.6) is 0 Å². The van der Waals surface area contributed by atoms with Crippen LogP contribution in [0, 0.1) is 11.4 Å². The van der Waals surface area contributed by atoms with Crippen molar-refractivity contribution >= 4 is 16.7 Å². The van der Waals surface area contributed by atoms with Crippen LogP contribution in [0.15, 0.2) is 47.0 Å². The fourth-order valence-corrected chi connectivity index (χ4v) is 5.29. The lowest BCUT2D eigenvalue weighted by Gasteiger charge is -2.20. The van der Waals surface area contributed by atoms with Gasteiger partial charge in [-0.1, -0.05) is 31.9 Å². The van der Waals surface area contributed by atoms with E-state index in [0.717, 1.165) is 34.4 Å². The summed E-state index contributed by atoms with van der Waals surface area (Å²) in [5.74, 6) is 0.898. The van der Waals surface area contributed by atoms with Gasteiger partial charge in [-0.05, 0) is 54.5 Å². The van der Waals surface area contributed by atoms with Gasteiger partial charge in [-0.25, -0.2) is 15.0 Å². The number of carbonyl (C=O) groups excluding carboxylic acids is 1. The number of halogens is 1. The monoisotopic (exact) mass is 441 g/mol. The third kappa shape index (κ3) is 3.63. The highest BCUT2D eigenvalue weighted by molar-refractivity contribution is 6.00. The highest BCUT2D eigenvalue weighted by Crippen LogP contribution is 2.41. The van der Waals surface area contributed by atoms with Gasteiger partial charge in [0.1, 0.15) is 5.69 Å². The Labute approximate surface area is 191 Å². The zero-order valence-corrected chi connectivity index (χ0v) is 18.5. The number of oxazole rings is 1. The number of pyridine rings is 2. The lowest BCUT2D eigenvalue weighted by Crippen LogP contribution is -2.14. The average molecular weight is 442 g/mol. The molecule has 2 aliphatic rings. The van der Waals surface area contributed by atoms with Crippen LogP contribution in [0.2, 0.25) is 0 Å². The molecule has 1 saturated carbocycles. The Kier molecular flexibility index (Phi) is 4.64. The first-order valence-electron chi connectivity index (χ1n) is 11.6. The quantitative estimate of drug-likeness (QED) is 0.346. The van der Waals surface area contributed by atoms with Gasteiger partial charge in [0, 0.05) is 29.4 Å². The summed E-state index contributed by atoms with van der Waals surface area (Å²) >= 11 is 0. The third-order valence-electron chi connectivity index (χ3n) is 7.13. The normalized spacial score (nSPS) is 17.1. The second kappa shape index (κ2) is 7.58. The van der Waals surface area contributed by atoms with E-state index in [4.69, 9.17) is 9.40 Å². The van der Waals surface area contributed by atoms with Gasteiger partial charge < -0.3 is 4.42 Å². The maximum Gasteiger partial charge on any atom is 0.213 e. The molecule has 3 heterocycles. The molecule has 0 bridgehead atoms. The van der Waals surface area contributed by atoms with Crippen LogP contribution in [-0.2, 0) is 12.8 Å². The van der Waals surface area contributed by atoms with Crippen LogP contribution in [0.1, 0.15) is 61.0 Å². The molecule has 1 fully saturated rings. The summed E-state index contributed by atoms with van der Waals surface area (Å²) in [5.41, 5.74) is 4.42. The van der Waals surface area contributed by atoms with E-state index < -0.39 is 5.95 Å². The first-order chi connectivity index (χ1) is 16.0. The van der Waals surface area contributed by atoms with Gasteiger partial charge in [-0.2, -0.15) is 4.39 Å². The molecule has 4 aromatic rings. The van der Waals surface area contributed by atoms with Crippen molar-refractivity contribution < 1.29 is 13.6 Å². The van der Waals surface area contributed by atoms with Crippen molar-refractivity contribution in [2.45, 2.75) is 51.9 Å². The number of nitrogens with zero attached hydrogens (tertiary/aromatic N) is 3. The molecule has 5 nitrogen and oxygen atoms in total. The lowest BCUT2D eigenvalue weighted by molar-refractivity contribution is 0.0990. The van der Waals surface area contributed by atoms with Gasteiger partial charge in [0.05, 0.1) is 17.4 Å². The zero-order valence-electron chi connectivity index (χ0n) is 18.5. The summed E-state index contributed by atoms with van der Waals surface area (Å²) in [7, 11) is 0. The van der Waals surface area contributed by atoms with Crippen LogP contribution in [-0.4, -0.2) is 20.7 Å². The zero-order chi connectivity index (χ0) is 22.6. The molecule has 0 amide bonds. The molecule has 0 unspecified atom stereocenters. The molecule has 6 rings (SSSR count). The number of hydrogen-bond donors (Lipinski definition) is 0. The maximum absolute atomic E-state index is 13.8. The van der Waals surface area contributed by atoms with Crippen LogP contribution < -0.4 is 0 Å². The molecular formula is C27H24FN3O2. The smallest absolute Gasteiger partial charge is 0.213 e. The van der Waals surface area contributed by atoms with Crippen LogP contribution in [0.4, 0.5) is 4.39 Å². The molecule has 0 saturated heterocycles. The number of Topliss-reactive ketones (excluding diaryl/α,β-unsaturated/α-hetero) is 1. The van der Waals surface area contributed by atoms with E-state index in [2.05, 4.69) is 16.9 Å². The minimum atomic E-state index is -0.530. The van der Waals surface area contributed by atoms with Crippen molar-refractivity contribution in [2.24, 2.45) is 5.41 Å². The number of carbonyl (C=O) groups is 1. The Bertz CT molecular complexity index is 1400. The molecule has 0 spiro atoms. The van der Waals surface area contributed by atoms with E-state index in [1.54, 1.807) is 12.3 Å². The Morgan fingerprint density at radius 2 is 1.85 bits per heavy atom. The minimum Gasteiger partial charge on any atom is -0.441 e. The first-order valence-corrected chi connectivity index (χ1v) is 11.6. The molecular weight excluding hydrogens is 417 g/mol. The van der Waals surface area contributed by atoms with Crippen LogP contribution in [0.25, 0.3) is 33.5 Å². The Balaban J connectivity index is 1.47. The topological polar surface area (TPSA) is 68.9 Å². The predicted octanol–water partition coefficient (Wildman–Crippen LogP) is 6.34. The summed E-state index contributed by atoms with van der Waals surface area (Å²) in [6.07, 6.45) is 8.63. The fraction of sp³-hybridized carbons (Fsp3) is 0.333. The average Bonchev–Trinajstić information content (AvgIpc) is 3.53. The number of fused-ring (bicyclic) bond motifs is 2. The van der Waals surface area contributed by atoms with Gasteiger partial charge in [0.25, 0.3) is 0 Å². The highest BCUT2D eigenvalue weighted by Gasteiger charge is 2.31. The molecule has 0 atom stereocenters. The lowest BCUT2D eigenvalue weighted by atomic mass is 9.85. The second-order valence-corrected chi connectivity index (χ2v) is 9.67. The molecule has 2 aliphatic carbocycles. The first kappa shape index (κ1) is 20.2. The van der Waals surface area contributed by atoms with Crippen molar-refractivity contribution in [3.8, 4) is 22.6 Å². The number of ketones is 1. The highest BCUT2D eigenvalue weighted by atomic mass is 19.1. The molecule has 3 aromatic heterocycles. The van der Waals surface area contributed by atoms with Crippen molar-refractivity contribution in [1.82, 2.24) is 15.0 Å². The molecule has 33 heavy (non-hydrogen) atoms. The molecule has 1 aromatic carbocycles. The van der Waals surface area contributed by atoms with Gasteiger partial charge >= 0.3 is 0 Å². The van der Waals surface area contributed by atoms with Crippen molar-refractivity contribution in [1.29, 1.82) is 0 Å². The Morgan fingerprint density at radius 1 is 1.03 bits per heavy atom. The SMILES string of the molecule is CC1(Cc2ncc(-c3cc4c(nc3-c3ccc5ccc(F)nc5c3)C(=O)CC4)o2)CCCC1. The van der Waals surface area contributed by atoms with E-state index in [1.165, 1.54) is 31.7 Å². The van der Waals surface area contributed by atoms with E-state index in [-0.39, 0.29) is 11.2 Å². The number of hydrogen-bond acceptors (Lipinski definition) is 5. The van der Waals surface area contributed by atoms with Gasteiger partial charge in [-0.15, -0.1) is 0 Å². The molecule has 6 heteroatoms. The van der Waals surface area contributed by atoms with Crippen molar-refractivity contribution in [3.05, 3.63) is 65.7 Å². The number of rotatable bonds is 4. The van der Waals surface area contributed by atoms with Crippen LogP contribution >= 0.6 is 0 Å². The van der Waals surface area contributed by atoms with E-state index >= 15 is 0 Å². The summed E-state index contributed by atoms with van der Waals surface area (Å²) in [6.45, 7) is 2.30. The predicted molar refractivity (Wildman–Crippen MR) is 123 cm³/mol. The Hall–Kier alpha value is -3.41. The van der Waals surface area contributed by atoms with Crippen LogP contribution in [0.3, 0.4) is 0 Å². The summed E-state index contributed by atoms with van der Waals surface area (Å²) in [5, 5.41) is 0.839. The van der Waals surface area contributed by atoms with E-state index in [1.807, 2.05) is 24.3 Å². The van der Waals surface area contributed by atoms with Gasteiger partial charge in [0.15, 0.2) is 17.4 Å². The summed E-state index contributed by atoms with van der Waals surface area (Å²) < 4.78 is 20.0. The minimum absolute atomic E-state index is 0.0511. The fourth-order valence-electron chi connectivity index (χ4n) is 5.29. The maximum atomic E-state index is 13.8. The standard InChI is InChI=1S/C27H24FN3O2/c1-27(10-2-3-11-27)14-24-29-15-22(33-24)19-12-17-6-8-21(32)26(17)31-25(19)18-5-4-16-7-9-23(28)30-20(16)13-18/h4-5,7,9,12-13,15H,2-3,6,8,10-11,14H2,1H3. The third-order valence-corrected chi connectivity index (χ3v) is 7.13. The Morgan fingerprint density at radius 3 is 2.70 bits per heavy atom. The van der Waals surface area contributed by atoms with Gasteiger partial charge in [-0.3, -0.25) is 4.79 Å². The van der Waals surface area contributed by atoms with E-state index in [0.29, 0.717) is 35.5 Å². The van der Waals surface area contributed by atoms with Crippen molar-refractivity contribution in [3.63, 3.8) is 0 Å². The molecule has 0 radical (unpaired) electrons. The molecule has 0 aliphatic heterocycles.